The molecule has 1 aliphatic carbocycles. The maximum Gasteiger partial charge on any atom is 0.267 e. The summed E-state index contributed by atoms with van der Waals surface area (Å²) in [5, 5.41) is 11.1. The lowest BCUT2D eigenvalue weighted by Crippen LogP contribution is -2.24. The van der Waals surface area contributed by atoms with Crippen molar-refractivity contribution in [2.45, 2.75) is 18.8 Å². The predicted octanol–water partition coefficient (Wildman–Crippen LogP) is 3.32. The van der Waals surface area contributed by atoms with E-state index in [0.717, 1.165) is 28.6 Å². The SMILES string of the molecule is N=C(C(N)=O)c1cc(C2CC2)cnc1Nc1cccc(Br)c1. The molecule has 0 atom stereocenters. The number of carbonyl (C=O) groups is 1. The Kier molecular flexibility index (Phi) is 3.94. The van der Waals surface area contributed by atoms with E-state index in [-0.39, 0.29) is 5.71 Å². The van der Waals surface area contributed by atoms with Crippen molar-refractivity contribution in [3.63, 3.8) is 0 Å². The highest BCUT2D eigenvalue weighted by atomic mass is 79.9. The molecule has 1 fully saturated rings. The zero-order valence-electron chi connectivity index (χ0n) is 11.8. The van der Waals surface area contributed by atoms with E-state index >= 15 is 0 Å². The third-order valence-electron chi connectivity index (χ3n) is 3.56. The summed E-state index contributed by atoms with van der Waals surface area (Å²) in [5.74, 6) is 0.199. The van der Waals surface area contributed by atoms with E-state index in [9.17, 15) is 4.79 Å². The maximum absolute atomic E-state index is 11.4. The van der Waals surface area contributed by atoms with Crippen LogP contribution in [0.5, 0.6) is 0 Å². The first kappa shape index (κ1) is 14.7. The van der Waals surface area contributed by atoms with Crippen molar-refractivity contribution in [3.8, 4) is 0 Å². The molecule has 0 bridgehead atoms. The molecule has 5 nitrogen and oxygen atoms in total. The predicted molar refractivity (Wildman–Crippen MR) is 89.7 cm³/mol. The lowest BCUT2D eigenvalue weighted by molar-refractivity contribution is -0.112. The number of hydrogen-bond donors (Lipinski definition) is 3. The van der Waals surface area contributed by atoms with Gasteiger partial charge in [-0.05, 0) is 48.6 Å². The van der Waals surface area contributed by atoms with E-state index in [0.29, 0.717) is 17.3 Å². The average molecular weight is 359 g/mol. The molecule has 0 spiro atoms. The fraction of sp³-hybridized carbons (Fsp3) is 0.188. The van der Waals surface area contributed by atoms with Crippen LogP contribution in [0.15, 0.2) is 41.0 Å². The van der Waals surface area contributed by atoms with Crippen LogP contribution in [0.2, 0.25) is 0 Å². The highest BCUT2D eigenvalue weighted by Crippen LogP contribution is 2.40. The van der Waals surface area contributed by atoms with Gasteiger partial charge in [0.2, 0.25) is 0 Å². The second-order valence-electron chi connectivity index (χ2n) is 5.31. The molecule has 0 radical (unpaired) electrons. The summed E-state index contributed by atoms with van der Waals surface area (Å²) in [6.45, 7) is 0. The van der Waals surface area contributed by atoms with Gasteiger partial charge in [-0.2, -0.15) is 0 Å². The second-order valence-corrected chi connectivity index (χ2v) is 6.23. The van der Waals surface area contributed by atoms with Crippen LogP contribution in [-0.2, 0) is 4.79 Å². The molecule has 1 saturated carbocycles. The topological polar surface area (TPSA) is 91.9 Å². The van der Waals surface area contributed by atoms with Crippen LogP contribution >= 0.6 is 15.9 Å². The van der Waals surface area contributed by atoms with E-state index in [4.69, 9.17) is 11.1 Å². The zero-order valence-corrected chi connectivity index (χ0v) is 13.4. The summed E-state index contributed by atoms with van der Waals surface area (Å²) >= 11 is 3.41. The number of primary amides is 1. The van der Waals surface area contributed by atoms with Crippen molar-refractivity contribution in [2.24, 2.45) is 5.73 Å². The Morgan fingerprint density at radius 3 is 2.77 bits per heavy atom. The van der Waals surface area contributed by atoms with Crippen LogP contribution in [0.3, 0.4) is 0 Å². The molecule has 0 unspecified atom stereocenters. The van der Waals surface area contributed by atoms with E-state index in [2.05, 4.69) is 26.2 Å². The first-order valence-corrected chi connectivity index (χ1v) is 7.75. The van der Waals surface area contributed by atoms with Gasteiger partial charge < -0.3 is 11.1 Å². The Balaban J connectivity index is 1.98. The molecule has 1 aromatic heterocycles. The Morgan fingerprint density at radius 1 is 1.36 bits per heavy atom. The van der Waals surface area contributed by atoms with Crippen molar-refractivity contribution < 1.29 is 4.79 Å². The molecule has 1 amide bonds. The molecule has 1 heterocycles. The largest absolute Gasteiger partial charge is 0.364 e. The number of rotatable bonds is 5. The standard InChI is InChI=1S/C16H15BrN4O/c17-11-2-1-3-12(7-11)21-16-13(14(18)15(19)22)6-10(8-20-16)9-4-5-9/h1-3,6-9,18H,4-5H2,(H2,19,22)(H,20,21). The number of nitrogens with two attached hydrogens (primary N) is 1. The van der Waals surface area contributed by atoms with E-state index in [1.54, 1.807) is 6.20 Å². The highest BCUT2D eigenvalue weighted by Gasteiger charge is 2.26. The zero-order chi connectivity index (χ0) is 15.7. The molecule has 0 aliphatic heterocycles. The Hall–Kier alpha value is -2.21. The Morgan fingerprint density at radius 2 is 2.14 bits per heavy atom. The summed E-state index contributed by atoms with van der Waals surface area (Å²) in [4.78, 5) is 15.8. The van der Waals surface area contributed by atoms with Gasteiger partial charge in [0.1, 0.15) is 11.5 Å². The molecule has 4 N–H and O–H groups in total. The normalized spacial score (nSPS) is 13.7. The van der Waals surface area contributed by atoms with Crippen LogP contribution in [0, 0.1) is 5.41 Å². The highest BCUT2D eigenvalue weighted by molar-refractivity contribution is 9.10. The van der Waals surface area contributed by atoms with Crippen molar-refractivity contribution in [2.75, 3.05) is 5.32 Å². The van der Waals surface area contributed by atoms with Gasteiger partial charge >= 0.3 is 0 Å². The third-order valence-corrected chi connectivity index (χ3v) is 4.05. The molecule has 22 heavy (non-hydrogen) atoms. The van der Waals surface area contributed by atoms with Gasteiger partial charge in [-0.15, -0.1) is 0 Å². The number of benzene rings is 1. The molecule has 3 rings (SSSR count). The number of anilines is 2. The van der Waals surface area contributed by atoms with Crippen molar-refractivity contribution in [1.82, 2.24) is 4.98 Å². The molecule has 0 saturated heterocycles. The average Bonchev–Trinajstić information content (AvgIpc) is 3.31. The summed E-state index contributed by atoms with van der Waals surface area (Å²) in [5.41, 5.74) is 7.36. The van der Waals surface area contributed by atoms with E-state index in [1.807, 2.05) is 30.3 Å². The van der Waals surface area contributed by atoms with Crippen LogP contribution < -0.4 is 11.1 Å². The summed E-state index contributed by atoms with van der Waals surface area (Å²) in [6, 6.07) is 9.44. The Bertz CT molecular complexity index is 756. The number of nitrogens with one attached hydrogen (secondary N) is 2. The van der Waals surface area contributed by atoms with E-state index < -0.39 is 5.91 Å². The lowest BCUT2D eigenvalue weighted by atomic mass is 10.1. The van der Waals surface area contributed by atoms with Crippen LogP contribution in [-0.4, -0.2) is 16.6 Å². The minimum atomic E-state index is -0.757. The number of carbonyl (C=O) groups excluding carboxylic acids is 1. The van der Waals surface area contributed by atoms with Gasteiger partial charge in [-0.3, -0.25) is 10.2 Å². The van der Waals surface area contributed by atoms with Gasteiger partial charge in [0.05, 0.1) is 0 Å². The maximum atomic E-state index is 11.4. The number of pyridine rings is 1. The van der Waals surface area contributed by atoms with Crippen LogP contribution in [0.4, 0.5) is 11.5 Å². The lowest BCUT2D eigenvalue weighted by Gasteiger charge is -2.12. The first-order valence-electron chi connectivity index (χ1n) is 6.96. The second kappa shape index (κ2) is 5.88. The van der Waals surface area contributed by atoms with Crippen LogP contribution in [0.1, 0.15) is 29.9 Å². The smallest absolute Gasteiger partial charge is 0.267 e. The van der Waals surface area contributed by atoms with Crippen molar-refractivity contribution >= 4 is 39.1 Å². The van der Waals surface area contributed by atoms with Gasteiger partial charge in [0.25, 0.3) is 5.91 Å². The molecular formula is C16H15BrN4O. The van der Waals surface area contributed by atoms with Gasteiger partial charge in [0, 0.05) is 21.9 Å². The minimum Gasteiger partial charge on any atom is -0.364 e. The monoisotopic (exact) mass is 358 g/mol. The molecule has 112 valence electrons. The summed E-state index contributed by atoms with van der Waals surface area (Å²) in [7, 11) is 0. The molecule has 1 aliphatic rings. The summed E-state index contributed by atoms with van der Waals surface area (Å²) in [6.07, 6.45) is 4.06. The van der Waals surface area contributed by atoms with Gasteiger partial charge in [-0.25, -0.2) is 4.98 Å². The number of aromatic nitrogens is 1. The minimum absolute atomic E-state index is 0.229. The fourth-order valence-electron chi connectivity index (χ4n) is 2.25. The number of hydrogen-bond acceptors (Lipinski definition) is 4. The van der Waals surface area contributed by atoms with Gasteiger partial charge in [0.15, 0.2) is 0 Å². The van der Waals surface area contributed by atoms with Gasteiger partial charge in [-0.1, -0.05) is 22.0 Å². The number of halogens is 1. The Labute approximate surface area is 136 Å². The molecule has 2 aromatic rings. The third kappa shape index (κ3) is 3.17. The molecule has 1 aromatic carbocycles. The molecular weight excluding hydrogens is 344 g/mol. The quantitative estimate of drug-likeness (QED) is 0.715. The summed E-state index contributed by atoms with van der Waals surface area (Å²) < 4.78 is 0.929. The van der Waals surface area contributed by atoms with Crippen LogP contribution in [0.25, 0.3) is 0 Å². The molecule has 6 heteroatoms. The van der Waals surface area contributed by atoms with Crippen molar-refractivity contribution in [3.05, 3.63) is 52.1 Å². The number of amides is 1. The van der Waals surface area contributed by atoms with Crippen molar-refractivity contribution in [1.29, 1.82) is 5.41 Å². The fourth-order valence-corrected chi connectivity index (χ4v) is 2.65. The van der Waals surface area contributed by atoms with E-state index in [1.165, 1.54) is 0 Å². The first-order chi connectivity index (χ1) is 10.5. The number of nitrogens with zero attached hydrogens (tertiary/aromatic N) is 1.